The van der Waals surface area contributed by atoms with Gasteiger partial charge in [0.15, 0.2) is 0 Å². The van der Waals surface area contributed by atoms with Crippen LogP contribution in [0.25, 0.3) is 5.57 Å². The quantitative estimate of drug-likeness (QED) is 0.555. The molecular formula is C23H32N4O3S. The number of thioether (sulfide) groups is 1. The second kappa shape index (κ2) is 10.2. The van der Waals surface area contributed by atoms with Crippen molar-refractivity contribution in [3.8, 4) is 0 Å². The Hall–Kier alpha value is -1.87. The summed E-state index contributed by atoms with van der Waals surface area (Å²) in [4.78, 5) is 27.7. The molecule has 0 radical (unpaired) electrons. The summed E-state index contributed by atoms with van der Waals surface area (Å²) in [5.74, 6) is 0.0958. The minimum atomic E-state index is -0.259. The highest BCUT2D eigenvalue weighted by molar-refractivity contribution is 8.04. The van der Waals surface area contributed by atoms with Crippen molar-refractivity contribution >= 4 is 29.1 Å². The van der Waals surface area contributed by atoms with Gasteiger partial charge in [0.1, 0.15) is 11.5 Å². The van der Waals surface area contributed by atoms with E-state index in [0.717, 1.165) is 31.4 Å². The number of hydrogen-bond acceptors (Lipinski definition) is 6. The molecule has 7 nitrogen and oxygen atoms in total. The molecule has 8 heteroatoms. The van der Waals surface area contributed by atoms with Gasteiger partial charge in [-0.3, -0.25) is 19.8 Å². The van der Waals surface area contributed by atoms with Crippen molar-refractivity contribution in [1.82, 2.24) is 20.9 Å². The summed E-state index contributed by atoms with van der Waals surface area (Å²) in [5.41, 5.74) is 3.54. The van der Waals surface area contributed by atoms with Crippen LogP contribution in [0.1, 0.15) is 30.4 Å². The molecule has 1 aromatic rings. The predicted molar refractivity (Wildman–Crippen MR) is 123 cm³/mol. The highest BCUT2D eigenvalue weighted by atomic mass is 32.2. The number of carbonyl (C=O) groups is 2. The summed E-state index contributed by atoms with van der Waals surface area (Å²) in [6.07, 6.45) is 2.37. The lowest BCUT2D eigenvalue weighted by Crippen LogP contribution is -2.69. The Kier molecular flexibility index (Phi) is 7.32. The van der Waals surface area contributed by atoms with E-state index in [0.29, 0.717) is 19.7 Å². The van der Waals surface area contributed by atoms with Crippen LogP contribution >= 0.6 is 11.8 Å². The van der Waals surface area contributed by atoms with Gasteiger partial charge < -0.3 is 15.4 Å². The first-order valence-electron chi connectivity index (χ1n) is 11.1. The van der Waals surface area contributed by atoms with Crippen LogP contribution in [-0.2, 0) is 14.3 Å². The molecule has 2 saturated heterocycles. The van der Waals surface area contributed by atoms with Crippen molar-refractivity contribution < 1.29 is 14.3 Å². The third kappa shape index (κ3) is 5.14. The monoisotopic (exact) mass is 444 g/mol. The van der Waals surface area contributed by atoms with Crippen LogP contribution in [-0.4, -0.2) is 67.6 Å². The van der Waals surface area contributed by atoms with Gasteiger partial charge >= 0.3 is 0 Å². The Morgan fingerprint density at radius 1 is 1.32 bits per heavy atom. The normalized spacial score (nSPS) is 28.6. The number of rotatable bonds is 7. The van der Waals surface area contributed by atoms with Crippen LogP contribution in [0.4, 0.5) is 0 Å². The Morgan fingerprint density at radius 3 is 2.90 bits per heavy atom. The van der Waals surface area contributed by atoms with Gasteiger partial charge in [-0.15, -0.1) is 11.8 Å². The first-order chi connectivity index (χ1) is 15.1. The van der Waals surface area contributed by atoms with E-state index in [1.165, 1.54) is 11.1 Å². The molecule has 2 fully saturated rings. The number of fused-ring (bicyclic) bond motifs is 1. The lowest BCUT2D eigenvalue weighted by Gasteiger charge is -2.43. The summed E-state index contributed by atoms with van der Waals surface area (Å²) >= 11 is 1.58. The van der Waals surface area contributed by atoms with Crippen molar-refractivity contribution in [2.45, 2.75) is 43.8 Å². The van der Waals surface area contributed by atoms with E-state index >= 15 is 0 Å². The minimum absolute atomic E-state index is 0.0327. The fourth-order valence-corrected chi connectivity index (χ4v) is 5.65. The number of nitrogens with one attached hydrogen (secondary N) is 3. The first-order valence-corrected chi connectivity index (χ1v) is 12.0. The van der Waals surface area contributed by atoms with Crippen molar-refractivity contribution in [2.24, 2.45) is 5.92 Å². The van der Waals surface area contributed by atoms with Gasteiger partial charge in [-0.05, 0) is 42.7 Å². The van der Waals surface area contributed by atoms with Crippen LogP contribution in [0.3, 0.4) is 0 Å². The Balaban J connectivity index is 1.39. The van der Waals surface area contributed by atoms with Gasteiger partial charge in [0.2, 0.25) is 11.8 Å². The number of amides is 2. The van der Waals surface area contributed by atoms with E-state index < -0.39 is 0 Å². The standard InChI is InChI=1S/C23H32N4O3S/c1-15-6-8-16(9-7-15)18-14-31-20-19(18)25-23(26-22(20)29)27-11-3-5-17(13-27)21(28)24-10-4-12-30-2/h6-9,14,17,19-20,23,25H,3-5,10-13H2,1-2H3,(H,24,28)(H,26,29). The van der Waals surface area contributed by atoms with E-state index in [1.807, 2.05) is 0 Å². The van der Waals surface area contributed by atoms with Crippen LogP contribution in [0, 0.1) is 12.8 Å². The van der Waals surface area contributed by atoms with Crippen LogP contribution in [0.5, 0.6) is 0 Å². The number of piperidine rings is 1. The Labute approximate surface area is 188 Å². The summed E-state index contributed by atoms with van der Waals surface area (Å²) in [7, 11) is 1.67. The molecule has 3 aliphatic heterocycles. The third-order valence-corrected chi connectivity index (χ3v) is 7.42. The molecule has 31 heavy (non-hydrogen) atoms. The topological polar surface area (TPSA) is 82.7 Å². The van der Waals surface area contributed by atoms with E-state index in [2.05, 4.69) is 57.4 Å². The number of likely N-dealkylation sites (tertiary alicyclic amines) is 1. The number of carbonyl (C=O) groups excluding carboxylic acids is 2. The highest BCUT2D eigenvalue weighted by Crippen LogP contribution is 2.38. The maximum Gasteiger partial charge on any atom is 0.237 e. The number of ether oxygens (including phenoxy) is 1. The van der Waals surface area contributed by atoms with Crippen LogP contribution < -0.4 is 16.0 Å². The summed E-state index contributed by atoms with van der Waals surface area (Å²) in [6.45, 7) is 4.86. The predicted octanol–water partition coefficient (Wildman–Crippen LogP) is 1.69. The molecule has 2 amide bonds. The lowest BCUT2D eigenvalue weighted by atomic mass is 9.94. The number of nitrogens with zero attached hydrogens (tertiary/aromatic N) is 1. The fraction of sp³-hybridized carbons (Fsp3) is 0.565. The number of aryl methyl sites for hydroxylation is 1. The number of hydrogen-bond donors (Lipinski definition) is 3. The van der Waals surface area contributed by atoms with E-state index in [-0.39, 0.29) is 35.3 Å². The second-order valence-electron chi connectivity index (χ2n) is 8.52. The molecule has 0 bridgehead atoms. The van der Waals surface area contributed by atoms with Gasteiger partial charge in [0.25, 0.3) is 0 Å². The van der Waals surface area contributed by atoms with Crippen molar-refractivity contribution in [1.29, 1.82) is 0 Å². The van der Waals surface area contributed by atoms with E-state index in [4.69, 9.17) is 4.74 Å². The van der Waals surface area contributed by atoms with Crippen molar-refractivity contribution in [3.05, 3.63) is 40.8 Å². The smallest absolute Gasteiger partial charge is 0.237 e. The molecule has 3 heterocycles. The molecule has 0 aliphatic carbocycles. The Bertz CT molecular complexity index is 829. The molecule has 4 atom stereocenters. The molecule has 0 aromatic heterocycles. The SMILES string of the molecule is COCCCNC(=O)C1CCCN(C2NC(=O)C3SC=C(c4ccc(C)cc4)C3N2)C1. The average Bonchev–Trinajstić information content (AvgIpc) is 3.22. The van der Waals surface area contributed by atoms with Crippen LogP contribution in [0.2, 0.25) is 0 Å². The van der Waals surface area contributed by atoms with Crippen molar-refractivity contribution in [2.75, 3.05) is 33.4 Å². The maximum atomic E-state index is 12.9. The number of benzene rings is 1. The largest absolute Gasteiger partial charge is 0.385 e. The first kappa shape index (κ1) is 22.3. The minimum Gasteiger partial charge on any atom is -0.385 e. The van der Waals surface area contributed by atoms with Crippen LogP contribution in [0.15, 0.2) is 29.7 Å². The molecule has 3 aliphatic rings. The average molecular weight is 445 g/mol. The molecule has 0 saturated carbocycles. The molecule has 1 aromatic carbocycles. The summed E-state index contributed by atoms with van der Waals surface area (Å²) in [6, 6.07) is 8.43. The molecule has 168 valence electrons. The van der Waals surface area contributed by atoms with Crippen molar-refractivity contribution in [3.63, 3.8) is 0 Å². The maximum absolute atomic E-state index is 12.9. The summed E-state index contributed by atoms with van der Waals surface area (Å²) in [5, 5.41) is 11.8. The lowest BCUT2D eigenvalue weighted by molar-refractivity contribution is -0.129. The second-order valence-corrected chi connectivity index (χ2v) is 9.54. The molecule has 0 spiro atoms. The van der Waals surface area contributed by atoms with Gasteiger partial charge in [-0.25, -0.2) is 0 Å². The molecule has 4 unspecified atom stereocenters. The van der Waals surface area contributed by atoms with E-state index in [9.17, 15) is 9.59 Å². The molecule has 3 N–H and O–H groups in total. The fourth-order valence-electron chi connectivity index (χ4n) is 4.50. The molecular weight excluding hydrogens is 412 g/mol. The van der Waals surface area contributed by atoms with E-state index in [1.54, 1.807) is 18.9 Å². The van der Waals surface area contributed by atoms with Gasteiger partial charge in [-0.2, -0.15) is 0 Å². The zero-order valence-corrected chi connectivity index (χ0v) is 19.0. The zero-order valence-electron chi connectivity index (χ0n) is 18.2. The Morgan fingerprint density at radius 2 is 2.13 bits per heavy atom. The third-order valence-electron chi connectivity index (χ3n) is 6.25. The highest BCUT2D eigenvalue weighted by Gasteiger charge is 2.44. The number of methoxy groups -OCH3 is 1. The molecule has 4 rings (SSSR count). The van der Waals surface area contributed by atoms with Gasteiger partial charge in [0.05, 0.1) is 12.0 Å². The summed E-state index contributed by atoms with van der Waals surface area (Å²) < 4.78 is 5.04. The van der Waals surface area contributed by atoms with Gasteiger partial charge in [0, 0.05) is 33.4 Å². The van der Waals surface area contributed by atoms with Gasteiger partial charge in [-0.1, -0.05) is 29.8 Å². The zero-order chi connectivity index (χ0) is 21.8.